The van der Waals surface area contributed by atoms with E-state index in [9.17, 15) is 32.9 Å². The maximum atomic E-state index is 13.3. The minimum absolute atomic E-state index is 0.0875. The number of carbonyl (C=O) groups is 2. The fraction of sp³-hybridized carbons (Fsp3) is 0.500. The predicted molar refractivity (Wildman–Crippen MR) is 146 cm³/mol. The number of halogens is 4. The van der Waals surface area contributed by atoms with Crippen molar-refractivity contribution >= 4 is 34.8 Å². The van der Waals surface area contributed by atoms with Gasteiger partial charge in [0.15, 0.2) is 6.10 Å². The van der Waals surface area contributed by atoms with Crippen LogP contribution in [0.4, 0.5) is 24.5 Å². The first-order valence-corrected chi connectivity index (χ1v) is 14.1. The van der Waals surface area contributed by atoms with Crippen LogP contribution < -0.4 is 10.1 Å². The van der Waals surface area contributed by atoms with E-state index in [1.54, 1.807) is 28.0 Å². The van der Waals surface area contributed by atoms with Crippen LogP contribution in [0.3, 0.4) is 0 Å². The molecule has 10 nitrogen and oxygen atoms in total. The molecule has 5 rings (SSSR count). The maximum Gasteiger partial charge on any atom is 0.423 e. The van der Waals surface area contributed by atoms with Gasteiger partial charge in [-0.05, 0) is 61.6 Å². The van der Waals surface area contributed by atoms with Crippen molar-refractivity contribution in [2.75, 3.05) is 38.1 Å². The molecular weight excluding hydrogens is 581 g/mol. The van der Waals surface area contributed by atoms with Crippen molar-refractivity contribution in [3.05, 3.63) is 62.7 Å². The predicted octanol–water partition coefficient (Wildman–Crippen LogP) is 4.68. The molecule has 2 heterocycles. The quantitative estimate of drug-likeness (QED) is 0.358. The second kappa shape index (κ2) is 12.3. The molecule has 0 aromatic heterocycles. The van der Waals surface area contributed by atoms with Crippen LogP contribution >= 0.6 is 11.6 Å². The van der Waals surface area contributed by atoms with Gasteiger partial charge in [-0.25, -0.2) is 0 Å². The number of nitrogens with one attached hydrogen (secondary N) is 1. The van der Waals surface area contributed by atoms with Crippen molar-refractivity contribution in [1.82, 2.24) is 9.80 Å². The number of amides is 2. The Morgan fingerprint density at radius 3 is 2.40 bits per heavy atom. The summed E-state index contributed by atoms with van der Waals surface area (Å²) in [5.74, 6) is 0.391. The Hall–Kier alpha value is -3.58. The van der Waals surface area contributed by atoms with Gasteiger partial charge in [-0.15, -0.1) is 0 Å². The van der Waals surface area contributed by atoms with Gasteiger partial charge in [-0.3, -0.25) is 19.7 Å². The third-order valence-electron chi connectivity index (χ3n) is 7.90. The zero-order valence-electron chi connectivity index (χ0n) is 22.6. The number of alkyl halides is 3. The number of nitrogens with zero attached hydrogens (tertiary/aromatic N) is 3. The average Bonchev–Trinajstić information content (AvgIpc) is 3.39. The minimum Gasteiger partial charge on any atom is -0.480 e. The summed E-state index contributed by atoms with van der Waals surface area (Å²) in [6.45, 7) is 1.50. The summed E-state index contributed by atoms with van der Waals surface area (Å²) < 4.78 is 51.5. The molecule has 0 spiro atoms. The lowest BCUT2D eigenvalue weighted by Gasteiger charge is -2.36. The first-order valence-electron chi connectivity index (χ1n) is 13.7. The molecule has 1 saturated carbocycles. The Labute approximate surface area is 244 Å². The zero-order chi connectivity index (χ0) is 30.0. The smallest absolute Gasteiger partial charge is 0.423 e. The van der Waals surface area contributed by atoms with Gasteiger partial charge in [0.2, 0.25) is 5.91 Å². The molecule has 2 aromatic carbocycles. The molecule has 2 aliphatic heterocycles. The second-order valence-electron chi connectivity index (χ2n) is 10.7. The molecule has 2 amide bonds. The Kier molecular flexibility index (Phi) is 8.78. The molecule has 226 valence electrons. The van der Waals surface area contributed by atoms with E-state index < -0.39 is 28.5 Å². The molecule has 2 fully saturated rings. The molecule has 14 heteroatoms. The van der Waals surface area contributed by atoms with Gasteiger partial charge in [0, 0.05) is 55.4 Å². The lowest BCUT2D eigenvalue weighted by atomic mass is 9.92. The normalized spacial score (nSPS) is 22.3. The lowest BCUT2D eigenvalue weighted by Crippen LogP contribution is -2.54. The number of ether oxygens (including phenoxy) is 2. The summed E-state index contributed by atoms with van der Waals surface area (Å²) in [5.41, 5.74) is -1.21. The number of hydrogen-bond acceptors (Lipinski definition) is 7. The van der Waals surface area contributed by atoms with Crippen LogP contribution in [0, 0.1) is 10.1 Å². The molecule has 1 N–H and O–H groups in total. The van der Waals surface area contributed by atoms with Gasteiger partial charge in [0.1, 0.15) is 17.9 Å². The van der Waals surface area contributed by atoms with Gasteiger partial charge in [0.05, 0.1) is 11.0 Å². The molecule has 0 radical (unpaired) electrons. The average molecular weight is 611 g/mol. The monoisotopic (exact) mass is 610 g/mol. The maximum absolute atomic E-state index is 13.3. The summed E-state index contributed by atoms with van der Waals surface area (Å²) in [6, 6.07) is 8.06. The van der Waals surface area contributed by atoms with Crippen LogP contribution in [0.1, 0.15) is 36.8 Å². The third-order valence-corrected chi connectivity index (χ3v) is 8.14. The minimum atomic E-state index is -4.84. The van der Waals surface area contributed by atoms with E-state index >= 15 is 0 Å². The van der Waals surface area contributed by atoms with E-state index in [4.69, 9.17) is 21.1 Å². The SMILES string of the molecule is O=C(COC1CCC(Nc2ccc([N+](=O)[O-])c(C(F)(F)F)c2)CC1)N1CCN(C(=O)C2Cc3cc(Cl)ccc3O2)CC1. The summed E-state index contributed by atoms with van der Waals surface area (Å²) in [4.78, 5) is 39.0. The molecule has 42 heavy (non-hydrogen) atoms. The largest absolute Gasteiger partial charge is 0.480 e. The molecule has 1 saturated heterocycles. The van der Waals surface area contributed by atoms with Crippen LogP contribution in [-0.4, -0.2) is 77.6 Å². The lowest BCUT2D eigenvalue weighted by molar-refractivity contribution is -0.388. The number of piperazine rings is 1. The highest BCUT2D eigenvalue weighted by Gasteiger charge is 2.39. The highest BCUT2D eigenvalue weighted by atomic mass is 35.5. The molecule has 2 aromatic rings. The van der Waals surface area contributed by atoms with Crippen LogP contribution in [0.25, 0.3) is 0 Å². The molecule has 0 bridgehead atoms. The fourth-order valence-electron chi connectivity index (χ4n) is 5.64. The number of anilines is 1. The highest BCUT2D eigenvalue weighted by molar-refractivity contribution is 6.30. The van der Waals surface area contributed by atoms with Crippen molar-refractivity contribution in [2.45, 2.75) is 56.5 Å². The van der Waals surface area contributed by atoms with Crippen LogP contribution in [0.2, 0.25) is 5.02 Å². The van der Waals surface area contributed by atoms with E-state index in [0.717, 1.165) is 17.7 Å². The number of fused-ring (bicyclic) bond motifs is 1. The van der Waals surface area contributed by atoms with E-state index in [0.29, 0.717) is 69.1 Å². The summed E-state index contributed by atoms with van der Waals surface area (Å²) >= 11 is 6.04. The number of benzene rings is 2. The van der Waals surface area contributed by atoms with Crippen LogP contribution in [-0.2, 0) is 26.9 Å². The third kappa shape index (κ3) is 6.89. The Balaban J connectivity index is 1.02. The standard InChI is InChI=1S/C28H30ClF3N4O6/c29-18-1-8-24-17(13-18)14-25(42-24)27(38)35-11-9-34(10-12-35)26(37)16-41-21-5-2-19(3-6-21)33-20-4-7-23(36(39)40)22(15-20)28(30,31)32/h1,4,7-8,13,15,19,21,25,33H,2-3,5-6,9-12,14,16H2. The topological polar surface area (TPSA) is 114 Å². The van der Waals surface area contributed by atoms with Crippen molar-refractivity contribution in [3.8, 4) is 5.75 Å². The summed E-state index contributed by atoms with van der Waals surface area (Å²) in [6.07, 6.45) is -2.70. The molecular formula is C28H30ClF3N4O6. The molecule has 1 aliphatic carbocycles. The van der Waals surface area contributed by atoms with E-state index in [1.165, 1.54) is 6.07 Å². The van der Waals surface area contributed by atoms with Crippen LogP contribution in [0.5, 0.6) is 5.75 Å². The van der Waals surface area contributed by atoms with E-state index in [1.807, 2.05) is 0 Å². The van der Waals surface area contributed by atoms with E-state index in [2.05, 4.69) is 5.32 Å². The molecule has 3 aliphatic rings. The number of nitro groups is 1. The molecule has 1 atom stereocenters. The van der Waals surface area contributed by atoms with Gasteiger partial charge >= 0.3 is 6.18 Å². The highest BCUT2D eigenvalue weighted by Crippen LogP contribution is 2.38. The Morgan fingerprint density at radius 2 is 1.74 bits per heavy atom. The Morgan fingerprint density at radius 1 is 1.05 bits per heavy atom. The summed E-state index contributed by atoms with van der Waals surface area (Å²) in [5, 5.41) is 14.6. The summed E-state index contributed by atoms with van der Waals surface area (Å²) in [7, 11) is 0. The van der Waals surface area contributed by atoms with Gasteiger partial charge in [-0.2, -0.15) is 13.2 Å². The number of carbonyl (C=O) groups excluding carboxylic acids is 2. The Bertz CT molecular complexity index is 1340. The van der Waals surface area contributed by atoms with Gasteiger partial charge in [0.25, 0.3) is 11.6 Å². The number of nitro benzene ring substituents is 1. The van der Waals surface area contributed by atoms with Crippen molar-refractivity contribution in [2.24, 2.45) is 0 Å². The number of rotatable bonds is 7. The molecule has 1 unspecified atom stereocenters. The second-order valence-corrected chi connectivity index (χ2v) is 11.1. The van der Waals surface area contributed by atoms with Crippen molar-refractivity contribution in [1.29, 1.82) is 0 Å². The fourth-order valence-corrected chi connectivity index (χ4v) is 5.83. The van der Waals surface area contributed by atoms with Crippen molar-refractivity contribution in [3.63, 3.8) is 0 Å². The first-order chi connectivity index (χ1) is 20.0. The van der Waals surface area contributed by atoms with Crippen molar-refractivity contribution < 1.29 is 37.2 Å². The first kappa shape index (κ1) is 29.9. The zero-order valence-corrected chi connectivity index (χ0v) is 23.3. The van der Waals surface area contributed by atoms with Crippen LogP contribution in [0.15, 0.2) is 36.4 Å². The number of hydrogen-bond donors (Lipinski definition) is 1. The van der Waals surface area contributed by atoms with Gasteiger partial charge < -0.3 is 24.6 Å². The van der Waals surface area contributed by atoms with E-state index in [-0.39, 0.29) is 36.3 Å². The van der Waals surface area contributed by atoms with Gasteiger partial charge in [-0.1, -0.05) is 11.6 Å².